The second-order valence-corrected chi connectivity index (χ2v) is 12.3. The minimum atomic E-state index is -3.57. The molecule has 7 nitrogen and oxygen atoms in total. The molecular weight excluding hydrogens is 551 g/mol. The molecule has 202 valence electrons. The normalized spacial score (nSPS) is 14.9. The molecule has 1 aliphatic heterocycles. The lowest BCUT2D eigenvalue weighted by Crippen LogP contribution is -2.39. The third kappa shape index (κ3) is 7.02. The van der Waals surface area contributed by atoms with Gasteiger partial charge < -0.3 is 4.90 Å². The number of likely N-dealkylation sites (N-methyl/N-ethyl adjacent to an activating group) is 1. The summed E-state index contributed by atoms with van der Waals surface area (Å²) in [6.45, 7) is 8.23. The minimum absolute atomic E-state index is 0. The highest BCUT2D eigenvalue weighted by atomic mass is 35.5. The van der Waals surface area contributed by atoms with Crippen LogP contribution in [0.3, 0.4) is 0 Å². The zero-order valence-corrected chi connectivity index (χ0v) is 24.4. The minimum Gasteiger partial charge on any atom is -0.302 e. The highest BCUT2D eigenvalue weighted by Gasteiger charge is 2.27. The molecule has 0 unspecified atom stereocenters. The van der Waals surface area contributed by atoms with Crippen LogP contribution in [0.4, 0.5) is 5.13 Å². The molecule has 4 rings (SSSR count). The second-order valence-electron chi connectivity index (χ2n) is 8.93. The topological polar surface area (TPSA) is 73.8 Å². The number of hydrogen-bond acceptors (Lipinski definition) is 6. The first kappa shape index (κ1) is 29.8. The summed E-state index contributed by atoms with van der Waals surface area (Å²) >= 11 is 7.59. The second kappa shape index (κ2) is 13.4. The molecule has 1 aromatic heterocycles. The third-order valence-corrected chi connectivity index (χ3v) is 9.84. The largest absolute Gasteiger partial charge is 0.302 e. The van der Waals surface area contributed by atoms with E-state index in [1.54, 1.807) is 39.5 Å². The summed E-state index contributed by atoms with van der Waals surface area (Å²) in [5.74, 6) is -0.203. The molecule has 1 amide bonds. The van der Waals surface area contributed by atoms with E-state index < -0.39 is 10.0 Å². The summed E-state index contributed by atoms with van der Waals surface area (Å²) in [4.78, 5) is 22.5. The van der Waals surface area contributed by atoms with Crippen molar-refractivity contribution in [3.05, 3.63) is 53.1 Å². The van der Waals surface area contributed by atoms with Crippen molar-refractivity contribution in [3.8, 4) is 0 Å². The molecule has 0 bridgehead atoms. The molecule has 0 radical (unpaired) electrons. The number of benzene rings is 2. The average molecular weight is 586 g/mol. The number of carbonyl (C=O) groups excluding carboxylic acids is 1. The average Bonchev–Trinajstić information content (AvgIpc) is 3.09. The predicted molar refractivity (Wildman–Crippen MR) is 155 cm³/mol. The molecule has 0 N–H and O–H groups in total. The van der Waals surface area contributed by atoms with E-state index in [1.165, 1.54) is 11.3 Å². The summed E-state index contributed by atoms with van der Waals surface area (Å²) in [7, 11) is -3.57. The number of halogens is 2. The Kier molecular flexibility index (Phi) is 10.8. The Balaban J connectivity index is 0.00000380. The van der Waals surface area contributed by atoms with Crippen LogP contribution in [0.2, 0.25) is 5.02 Å². The molecule has 0 saturated carbocycles. The van der Waals surface area contributed by atoms with Crippen molar-refractivity contribution in [1.82, 2.24) is 14.2 Å². The Hall–Kier alpha value is -1.75. The molecule has 1 fully saturated rings. The predicted octanol–water partition coefficient (Wildman–Crippen LogP) is 5.92. The Morgan fingerprint density at radius 1 is 1.00 bits per heavy atom. The Bertz CT molecular complexity index is 1290. The van der Waals surface area contributed by atoms with E-state index in [0.717, 1.165) is 49.0 Å². The first-order chi connectivity index (χ1) is 17.3. The first-order valence-electron chi connectivity index (χ1n) is 12.5. The Morgan fingerprint density at radius 3 is 2.27 bits per heavy atom. The van der Waals surface area contributed by atoms with Crippen LogP contribution in [0.5, 0.6) is 0 Å². The van der Waals surface area contributed by atoms with Crippen LogP contribution >= 0.6 is 35.3 Å². The molecule has 1 aliphatic rings. The molecular formula is C26H34Cl2N4O3S2. The maximum absolute atomic E-state index is 13.7. The van der Waals surface area contributed by atoms with Crippen LogP contribution in [-0.4, -0.2) is 67.8 Å². The van der Waals surface area contributed by atoms with Gasteiger partial charge in [0.25, 0.3) is 5.91 Å². The van der Waals surface area contributed by atoms with Crippen molar-refractivity contribution < 1.29 is 13.2 Å². The fraction of sp³-hybridized carbons (Fsp3) is 0.462. The number of hydrogen-bond donors (Lipinski definition) is 0. The van der Waals surface area contributed by atoms with Gasteiger partial charge in [0, 0.05) is 36.8 Å². The van der Waals surface area contributed by atoms with Gasteiger partial charge in [-0.1, -0.05) is 49.6 Å². The summed E-state index contributed by atoms with van der Waals surface area (Å²) in [5.41, 5.74) is 1.22. The molecule has 0 aliphatic carbocycles. The van der Waals surface area contributed by atoms with Crippen LogP contribution < -0.4 is 4.90 Å². The molecule has 0 spiro atoms. The smallest absolute Gasteiger partial charge is 0.260 e. The zero-order chi connectivity index (χ0) is 25.7. The number of amides is 1. The molecule has 2 heterocycles. The lowest BCUT2D eigenvalue weighted by molar-refractivity contribution is 0.0983. The number of carbonyl (C=O) groups is 1. The monoisotopic (exact) mass is 584 g/mol. The molecule has 0 atom stereocenters. The Morgan fingerprint density at radius 2 is 1.65 bits per heavy atom. The summed E-state index contributed by atoms with van der Waals surface area (Å²) in [6, 6.07) is 11.8. The van der Waals surface area contributed by atoms with E-state index in [9.17, 15) is 13.2 Å². The van der Waals surface area contributed by atoms with Gasteiger partial charge in [-0.2, -0.15) is 4.31 Å². The van der Waals surface area contributed by atoms with Crippen LogP contribution in [0.15, 0.2) is 47.4 Å². The van der Waals surface area contributed by atoms with Gasteiger partial charge in [-0.05, 0) is 68.4 Å². The molecule has 11 heteroatoms. The fourth-order valence-corrected chi connectivity index (χ4v) is 7.21. The molecule has 1 saturated heterocycles. The van der Waals surface area contributed by atoms with E-state index >= 15 is 0 Å². The fourth-order valence-electron chi connectivity index (χ4n) is 4.42. The van der Waals surface area contributed by atoms with Crippen LogP contribution in [0.1, 0.15) is 49.9 Å². The third-order valence-electron chi connectivity index (χ3n) is 6.65. The number of anilines is 1. The number of sulfonamides is 1. The number of fused-ring (bicyclic) bond motifs is 1. The van der Waals surface area contributed by atoms with Gasteiger partial charge in [0.05, 0.1) is 15.1 Å². The standard InChI is InChI=1S/C26H33ClN4O3S2.ClH/c1-3-29(4-2)17-18-31(26-28-23-14-11-21(27)19-24(23)35-26)25(32)20-9-12-22(13-10-20)36(33,34)30-15-7-5-6-8-16-30;/h9-14,19H,3-8,15-18H2,1-2H3;1H. The van der Waals surface area contributed by atoms with Gasteiger partial charge >= 0.3 is 0 Å². The van der Waals surface area contributed by atoms with Gasteiger partial charge in [0.1, 0.15) is 0 Å². The first-order valence-corrected chi connectivity index (χ1v) is 15.2. The zero-order valence-electron chi connectivity index (χ0n) is 21.2. The molecule has 3 aromatic rings. The molecule has 2 aromatic carbocycles. The summed E-state index contributed by atoms with van der Waals surface area (Å²) in [6.07, 6.45) is 3.87. The van der Waals surface area contributed by atoms with E-state index in [-0.39, 0.29) is 23.2 Å². The van der Waals surface area contributed by atoms with Crippen molar-refractivity contribution in [3.63, 3.8) is 0 Å². The van der Waals surface area contributed by atoms with E-state index in [2.05, 4.69) is 18.7 Å². The number of aromatic nitrogens is 1. The summed E-state index contributed by atoms with van der Waals surface area (Å²) < 4.78 is 28.8. The lowest BCUT2D eigenvalue weighted by atomic mass is 10.2. The summed E-state index contributed by atoms with van der Waals surface area (Å²) in [5, 5.41) is 1.23. The maximum atomic E-state index is 13.7. The highest BCUT2D eigenvalue weighted by molar-refractivity contribution is 7.89. The van der Waals surface area contributed by atoms with Crippen molar-refractivity contribution in [2.75, 3.05) is 44.2 Å². The van der Waals surface area contributed by atoms with Gasteiger partial charge in [-0.15, -0.1) is 12.4 Å². The van der Waals surface area contributed by atoms with E-state index in [4.69, 9.17) is 16.6 Å². The SMILES string of the molecule is CCN(CC)CCN(C(=O)c1ccc(S(=O)(=O)N2CCCCCC2)cc1)c1nc2ccc(Cl)cc2s1.Cl. The quantitative estimate of drug-likeness (QED) is 0.312. The van der Waals surface area contributed by atoms with Gasteiger partial charge in [0.15, 0.2) is 5.13 Å². The maximum Gasteiger partial charge on any atom is 0.260 e. The van der Waals surface area contributed by atoms with Crippen LogP contribution in [-0.2, 0) is 10.0 Å². The van der Waals surface area contributed by atoms with Gasteiger partial charge in [-0.3, -0.25) is 9.69 Å². The van der Waals surface area contributed by atoms with Crippen molar-refractivity contribution in [1.29, 1.82) is 0 Å². The van der Waals surface area contributed by atoms with Gasteiger partial charge in [-0.25, -0.2) is 13.4 Å². The van der Waals surface area contributed by atoms with Crippen molar-refractivity contribution in [2.45, 2.75) is 44.4 Å². The van der Waals surface area contributed by atoms with Crippen LogP contribution in [0, 0.1) is 0 Å². The van der Waals surface area contributed by atoms with Crippen LogP contribution in [0.25, 0.3) is 10.2 Å². The highest BCUT2D eigenvalue weighted by Crippen LogP contribution is 2.32. The van der Waals surface area contributed by atoms with Crippen molar-refractivity contribution >= 4 is 66.6 Å². The number of nitrogens with zero attached hydrogens (tertiary/aromatic N) is 4. The number of rotatable bonds is 9. The number of thiazole rings is 1. The Labute approximate surface area is 234 Å². The van der Waals surface area contributed by atoms with E-state index in [0.29, 0.717) is 41.9 Å². The van der Waals surface area contributed by atoms with Crippen molar-refractivity contribution in [2.24, 2.45) is 0 Å². The van der Waals surface area contributed by atoms with E-state index in [1.807, 2.05) is 12.1 Å². The van der Waals surface area contributed by atoms with Gasteiger partial charge in [0.2, 0.25) is 10.0 Å². The molecule has 37 heavy (non-hydrogen) atoms. The lowest BCUT2D eigenvalue weighted by Gasteiger charge is -2.25.